The SMILES string of the molecule is CCCCN1CCN(c2cc(-c3nnn[nH]3)ccc2C2CCC(C(C)(C)C)CC2)CC1. The Balaban J connectivity index is 1.54. The van der Waals surface area contributed by atoms with Crippen LogP contribution < -0.4 is 4.90 Å². The molecule has 0 amide bonds. The molecule has 0 atom stereocenters. The average Bonchev–Trinajstić information content (AvgIpc) is 3.32. The third-order valence-electron chi connectivity index (χ3n) is 7.58. The molecule has 2 aromatic rings. The van der Waals surface area contributed by atoms with Crippen LogP contribution in [0.25, 0.3) is 11.4 Å². The zero-order chi connectivity index (χ0) is 21.8. The molecule has 1 N–H and O–H groups in total. The maximum Gasteiger partial charge on any atom is 0.179 e. The first-order valence-corrected chi connectivity index (χ1v) is 12.3. The molecule has 170 valence electrons. The Kier molecular flexibility index (Phi) is 6.95. The normalized spacial score (nSPS) is 23.3. The highest BCUT2D eigenvalue weighted by Gasteiger charge is 2.32. The number of piperazine rings is 1. The molecular formula is C25H40N6. The van der Waals surface area contributed by atoms with Crippen molar-refractivity contribution in [1.29, 1.82) is 0 Å². The Labute approximate surface area is 187 Å². The smallest absolute Gasteiger partial charge is 0.179 e. The highest BCUT2D eigenvalue weighted by Crippen LogP contribution is 2.45. The van der Waals surface area contributed by atoms with Crippen LogP contribution >= 0.6 is 0 Å². The van der Waals surface area contributed by atoms with E-state index < -0.39 is 0 Å². The van der Waals surface area contributed by atoms with E-state index in [9.17, 15) is 0 Å². The minimum atomic E-state index is 0.422. The molecule has 31 heavy (non-hydrogen) atoms. The number of rotatable bonds is 6. The highest BCUT2D eigenvalue weighted by molar-refractivity contribution is 5.67. The van der Waals surface area contributed by atoms with Crippen LogP contribution in [0, 0.1) is 11.3 Å². The van der Waals surface area contributed by atoms with Gasteiger partial charge in [-0.15, -0.1) is 5.10 Å². The fourth-order valence-corrected chi connectivity index (χ4v) is 5.46. The van der Waals surface area contributed by atoms with Gasteiger partial charge in [0, 0.05) is 37.4 Å². The zero-order valence-electron chi connectivity index (χ0n) is 19.9. The van der Waals surface area contributed by atoms with Gasteiger partial charge in [0.2, 0.25) is 0 Å². The van der Waals surface area contributed by atoms with E-state index in [1.807, 2.05) is 0 Å². The molecule has 2 heterocycles. The fourth-order valence-electron chi connectivity index (χ4n) is 5.46. The molecule has 1 aromatic carbocycles. The summed E-state index contributed by atoms with van der Waals surface area (Å²) in [5.74, 6) is 2.26. The molecule has 0 spiro atoms. The number of nitrogens with one attached hydrogen (secondary N) is 1. The van der Waals surface area contributed by atoms with E-state index in [0.717, 1.165) is 43.5 Å². The lowest BCUT2D eigenvalue weighted by atomic mass is 9.68. The Morgan fingerprint density at radius 2 is 1.77 bits per heavy atom. The van der Waals surface area contributed by atoms with Gasteiger partial charge in [0.1, 0.15) is 0 Å². The number of aromatic nitrogens is 4. The van der Waals surface area contributed by atoms with Gasteiger partial charge >= 0.3 is 0 Å². The predicted molar refractivity (Wildman–Crippen MR) is 127 cm³/mol. The van der Waals surface area contributed by atoms with Crippen LogP contribution in [-0.2, 0) is 0 Å². The summed E-state index contributed by atoms with van der Waals surface area (Å²) in [5, 5.41) is 14.7. The second-order valence-electron chi connectivity index (χ2n) is 10.6. The summed E-state index contributed by atoms with van der Waals surface area (Å²) >= 11 is 0. The number of unbranched alkanes of at least 4 members (excludes halogenated alkanes) is 1. The van der Waals surface area contributed by atoms with Crippen molar-refractivity contribution in [2.75, 3.05) is 37.6 Å². The van der Waals surface area contributed by atoms with Crippen molar-refractivity contribution in [3.63, 3.8) is 0 Å². The van der Waals surface area contributed by atoms with Gasteiger partial charge in [-0.25, -0.2) is 5.10 Å². The molecule has 1 aliphatic heterocycles. The Morgan fingerprint density at radius 3 is 2.39 bits per heavy atom. The monoisotopic (exact) mass is 424 g/mol. The molecule has 0 bridgehead atoms. The maximum absolute atomic E-state index is 4.15. The van der Waals surface area contributed by atoms with Crippen LogP contribution in [0.3, 0.4) is 0 Å². The van der Waals surface area contributed by atoms with Crippen LogP contribution in [0.4, 0.5) is 5.69 Å². The number of tetrazole rings is 1. The Hall–Kier alpha value is -1.95. The van der Waals surface area contributed by atoms with Crippen LogP contribution in [0.5, 0.6) is 0 Å². The van der Waals surface area contributed by atoms with Gasteiger partial charge in [-0.3, -0.25) is 4.90 Å². The maximum atomic E-state index is 4.15. The summed E-state index contributed by atoms with van der Waals surface area (Å²) in [6.45, 7) is 15.2. The van der Waals surface area contributed by atoms with E-state index in [-0.39, 0.29) is 0 Å². The van der Waals surface area contributed by atoms with Crippen molar-refractivity contribution in [2.45, 2.75) is 72.1 Å². The second-order valence-corrected chi connectivity index (χ2v) is 10.6. The largest absolute Gasteiger partial charge is 0.369 e. The molecule has 0 radical (unpaired) electrons. The molecule has 4 rings (SSSR count). The predicted octanol–water partition coefficient (Wildman–Crippen LogP) is 5.11. The van der Waals surface area contributed by atoms with Gasteiger partial charge in [-0.1, -0.05) is 46.2 Å². The van der Waals surface area contributed by atoms with Crippen LogP contribution in [0.2, 0.25) is 0 Å². The van der Waals surface area contributed by atoms with Gasteiger partial charge in [0.25, 0.3) is 0 Å². The molecule has 6 nitrogen and oxygen atoms in total. The minimum Gasteiger partial charge on any atom is -0.369 e. The van der Waals surface area contributed by atoms with Crippen molar-refractivity contribution in [3.05, 3.63) is 23.8 Å². The number of hydrogen-bond donors (Lipinski definition) is 1. The first-order valence-electron chi connectivity index (χ1n) is 12.3. The van der Waals surface area contributed by atoms with Gasteiger partial charge in [0.15, 0.2) is 5.82 Å². The van der Waals surface area contributed by atoms with E-state index >= 15 is 0 Å². The highest BCUT2D eigenvalue weighted by atomic mass is 15.5. The van der Waals surface area contributed by atoms with Crippen molar-refractivity contribution in [2.24, 2.45) is 11.3 Å². The van der Waals surface area contributed by atoms with Gasteiger partial charge in [-0.05, 0) is 78.0 Å². The molecule has 2 aliphatic rings. The van der Waals surface area contributed by atoms with E-state index in [2.05, 4.69) is 76.3 Å². The lowest BCUT2D eigenvalue weighted by Crippen LogP contribution is -2.47. The fraction of sp³-hybridized carbons (Fsp3) is 0.720. The van der Waals surface area contributed by atoms with Gasteiger partial charge in [-0.2, -0.15) is 0 Å². The third kappa shape index (κ3) is 5.28. The summed E-state index contributed by atoms with van der Waals surface area (Å²) in [6, 6.07) is 6.89. The van der Waals surface area contributed by atoms with E-state index in [1.54, 1.807) is 0 Å². The number of hydrogen-bond acceptors (Lipinski definition) is 5. The van der Waals surface area contributed by atoms with Crippen molar-refractivity contribution < 1.29 is 0 Å². The molecule has 0 unspecified atom stereocenters. The molecule has 1 saturated heterocycles. The lowest BCUT2D eigenvalue weighted by molar-refractivity contribution is 0.169. The molecule has 1 saturated carbocycles. The van der Waals surface area contributed by atoms with Crippen molar-refractivity contribution in [1.82, 2.24) is 25.5 Å². The number of aromatic amines is 1. The summed E-state index contributed by atoms with van der Waals surface area (Å²) in [5.41, 5.74) is 4.44. The topological polar surface area (TPSA) is 60.9 Å². The standard InChI is InChI=1S/C25H40N6/c1-5-6-13-30-14-16-31(17-15-30)23-18-20(24-26-28-29-27-24)9-12-22(23)19-7-10-21(11-8-19)25(2,3)4/h9,12,18-19,21H,5-8,10-11,13-17H2,1-4H3,(H,26,27,28,29). The van der Waals surface area contributed by atoms with E-state index in [4.69, 9.17) is 0 Å². The molecule has 1 aromatic heterocycles. The second kappa shape index (κ2) is 9.68. The summed E-state index contributed by atoms with van der Waals surface area (Å²) in [6.07, 6.45) is 7.85. The quantitative estimate of drug-likeness (QED) is 0.698. The lowest BCUT2D eigenvalue weighted by Gasteiger charge is -2.40. The van der Waals surface area contributed by atoms with Crippen molar-refractivity contribution >= 4 is 5.69 Å². The van der Waals surface area contributed by atoms with Crippen LogP contribution in [0.1, 0.15) is 77.7 Å². The zero-order valence-corrected chi connectivity index (χ0v) is 19.9. The number of anilines is 1. The van der Waals surface area contributed by atoms with E-state index in [1.165, 1.54) is 56.3 Å². The van der Waals surface area contributed by atoms with Crippen LogP contribution in [-0.4, -0.2) is 58.2 Å². The van der Waals surface area contributed by atoms with Gasteiger partial charge < -0.3 is 4.90 Å². The number of benzene rings is 1. The molecule has 2 fully saturated rings. The summed E-state index contributed by atoms with van der Waals surface area (Å²) in [7, 11) is 0. The Bertz CT molecular complexity index is 809. The van der Waals surface area contributed by atoms with Crippen molar-refractivity contribution in [3.8, 4) is 11.4 Å². The van der Waals surface area contributed by atoms with E-state index in [0.29, 0.717) is 11.3 Å². The minimum absolute atomic E-state index is 0.422. The first-order chi connectivity index (χ1) is 15.0. The number of nitrogens with zero attached hydrogens (tertiary/aromatic N) is 5. The third-order valence-corrected chi connectivity index (χ3v) is 7.58. The average molecular weight is 425 g/mol. The molecule has 1 aliphatic carbocycles. The summed E-state index contributed by atoms with van der Waals surface area (Å²) in [4.78, 5) is 5.24. The summed E-state index contributed by atoms with van der Waals surface area (Å²) < 4.78 is 0. The molecule has 6 heteroatoms. The molecular weight excluding hydrogens is 384 g/mol. The Morgan fingerprint density at radius 1 is 1.03 bits per heavy atom. The van der Waals surface area contributed by atoms with Gasteiger partial charge in [0.05, 0.1) is 0 Å². The van der Waals surface area contributed by atoms with Crippen LogP contribution in [0.15, 0.2) is 18.2 Å². The first kappa shape index (κ1) is 22.3. The number of H-pyrrole nitrogens is 1.